The maximum Gasteiger partial charge on any atom is 0.252 e. The lowest BCUT2D eigenvalue weighted by atomic mass is 10.3. The Hall–Kier alpha value is -2.16. The van der Waals surface area contributed by atoms with E-state index < -0.39 is 11.7 Å². The van der Waals surface area contributed by atoms with Gasteiger partial charge in [0, 0.05) is 24.8 Å². The minimum absolute atomic E-state index is 0.167. The normalized spacial score (nSPS) is 14.3. The number of nitrogens with one attached hydrogen (secondary N) is 2. The Kier molecular flexibility index (Phi) is 5.75. The maximum atomic E-state index is 13.4. The standard InChI is InChI=1S/C16H15Cl2FN4O3/c17-10-5-9(6-11(18)16(10)19)20-14(24)7-12-21-13(8-15(25)22-12)23-1-3-26-4-2-23/h5-6,8H,1-4,7H2,(H,20,24)(H,21,22,25). The van der Waals surface area contributed by atoms with Crippen LogP contribution < -0.4 is 15.8 Å². The molecule has 0 unspecified atom stereocenters. The van der Waals surface area contributed by atoms with Crippen LogP contribution >= 0.6 is 23.2 Å². The number of hydrogen-bond acceptors (Lipinski definition) is 5. The first-order valence-corrected chi connectivity index (χ1v) is 8.55. The highest BCUT2D eigenvalue weighted by Gasteiger charge is 2.16. The molecule has 0 radical (unpaired) electrons. The van der Waals surface area contributed by atoms with Crippen molar-refractivity contribution >= 4 is 40.6 Å². The summed E-state index contributed by atoms with van der Waals surface area (Å²) >= 11 is 11.4. The van der Waals surface area contributed by atoms with Gasteiger partial charge < -0.3 is 19.9 Å². The van der Waals surface area contributed by atoms with E-state index in [2.05, 4.69) is 15.3 Å². The summed E-state index contributed by atoms with van der Waals surface area (Å²) in [4.78, 5) is 32.8. The molecule has 1 aromatic heterocycles. The second kappa shape index (κ2) is 8.03. The molecule has 0 bridgehead atoms. The van der Waals surface area contributed by atoms with Crippen LogP contribution in [0.3, 0.4) is 0 Å². The van der Waals surface area contributed by atoms with Gasteiger partial charge in [-0.3, -0.25) is 9.59 Å². The number of halogens is 3. The van der Waals surface area contributed by atoms with E-state index in [1.807, 2.05) is 4.90 Å². The zero-order valence-electron chi connectivity index (χ0n) is 13.5. The summed E-state index contributed by atoms with van der Waals surface area (Å²) in [7, 11) is 0. The van der Waals surface area contributed by atoms with Crippen molar-refractivity contribution in [3.05, 3.63) is 50.2 Å². The van der Waals surface area contributed by atoms with Crippen molar-refractivity contribution in [3.8, 4) is 0 Å². The topological polar surface area (TPSA) is 87.3 Å². The van der Waals surface area contributed by atoms with Gasteiger partial charge in [0.05, 0.1) is 29.7 Å². The van der Waals surface area contributed by atoms with Crippen molar-refractivity contribution in [1.29, 1.82) is 0 Å². The van der Waals surface area contributed by atoms with Crippen molar-refractivity contribution in [2.24, 2.45) is 0 Å². The molecule has 1 aromatic carbocycles. The highest BCUT2D eigenvalue weighted by atomic mass is 35.5. The van der Waals surface area contributed by atoms with E-state index in [1.54, 1.807) is 0 Å². The number of aromatic nitrogens is 2. The van der Waals surface area contributed by atoms with Crippen LogP contribution in [0.15, 0.2) is 23.0 Å². The van der Waals surface area contributed by atoms with Crippen LogP contribution in [0, 0.1) is 5.82 Å². The number of rotatable bonds is 4. The van der Waals surface area contributed by atoms with E-state index in [4.69, 9.17) is 27.9 Å². The Morgan fingerprint density at radius 1 is 1.27 bits per heavy atom. The van der Waals surface area contributed by atoms with Crippen LogP contribution in [0.25, 0.3) is 0 Å². The Bertz CT molecular complexity index is 861. The summed E-state index contributed by atoms with van der Waals surface area (Å²) in [5.74, 6) is -0.495. The number of aromatic amines is 1. The Labute approximate surface area is 158 Å². The fourth-order valence-electron chi connectivity index (χ4n) is 2.52. The molecule has 2 N–H and O–H groups in total. The van der Waals surface area contributed by atoms with Crippen LogP contribution in [0.1, 0.15) is 5.82 Å². The van der Waals surface area contributed by atoms with Crippen molar-refractivity contribution in [3.63, 3.8) is 0 Å². The summed E-state index contributed by atoms with van der Waals surface area (Å²) in [6, 6.07) is 3.88. The number of carbonyl (C=O) groups is 1. The molecule has 138 valence electrons. The molecule has 0 spiro atoms. The van der Waals surface area contributed by atoms with Gasteiger partial charge in [0.15, 0.2) is 5.82 Å². The molecule has 2 aromatic rings. The number of morpholine rings is 1. The maximum absolute atomic E-state index is 13.4. The molecule has 1 saturated heterocycles. The molecular formula is C16H15Cl2FN4O3. The number of anilines is 2. The van der Waals surface area contributed by atoms with Gasteiger partial charge in [-0.1, -0.05) is 23.2 Å². The Morgan fingerprint density at radius 3 is 2.58 bits per heavy atom. The summed E-state index contributed by atoms with van der Waals surface area (Å²) < 4.78 is 18.7. The largest absolute Gasteiger partial charge is 0.378 e. The van der Waals surface area contributed by atoms with Crippen LogP contribution in [0.2, 0.25) is 10.0 Å². The molecular weight excluding hydrogens is 386 g/mol. The smallest absolute Gasteiger partial charge is 0.252 e. The molecule has 26 heavy (non-hydrogen) atoms. The van der Waals surface area contributed by atoms with E-state index >= 15 is 0 Å². The zero-order chi connectivity index (χ0) is 18.7. The molecule has 10 heteroatoms. The molecule has 3 rings (SSSR count). The fourth-order valence-corrected chi connectivity index (χ4v) is 3.00. The summed E-state index contributed by atoms with van der Waals surface area (Å²) in [5.41, 5.74) is -0.102. The molecule has 0 aliphatic carbocycles. The number of hydrogen-bond donors (Lipinski definition) is 2. The van der Waals surface area contributed by atoms with Crippen molar-refractivity contribution < 1.29 is 13.9 Å². The number of nitrogens with zero attached hydrogens (tertiary/aromatic N) is 2. The van der Waals surface area contributed by atoms with Crippen LogP contribution in [-0.4, -0.2) is 42.2 Å². The van der Waals surface area contributed by atoms with E-state index in [9.17, 15) is 14.0 Å². The number of carbonyl (C=O) groups excluding carboxylic acids is 1. The third-order valence-corrected chi connectivity index (χ3v) is 4.26. The second-order valence-corrected chi connectivity index (χ2v) is 6.44. The molecule has 1 aliphatic rings. The number of benzene rings is 1. The fraction of sp³-hybridized carbons (Fsp3) is 0.312. The lowest BCUT2D eigenvalue weighted by Gasteiger charge is -2.27. The SMILES string of the molecule is O=C(Cc1nc(N2CCOCC2)cc(=O)[nH]1)Nc1cc(Cl)c(F)c(Cl)c1. The Morgan fingerprint density at radius 2 is 1.92 bits per heavy atom. The van der Waals surface area contributed by atoms with Gasteiger partial charge in [0.2, 0.25) is 5.91 Å². The number of amides is 1. The summed E-state index contributed by atoms with van der Waals surface area (Å²) in [5, 5.41) is 2.15. The summed E-state index contributed by atoms with van der Waals surface area (Å²) in [6.07, 6.45) is -0.167. The zero-order valence-corrected chi connectivity index (χ0v) is 15.0. The van der Waals surface area contributed by atoms with Gasteiger partial charge in [-0.2, -0.15) is 0 Å². The average Bonchev–Trinajstić information content (AvgIpc) is 2.59. The highest BCUT2D eigenvalue weighted by molar-refractivity contribution is 6.35. The highest BCUT2D eigenvalue weighted by Crippen LogP contribution is 2.27. The predicted octanol–water partition coefficient (Wildman–Crippen LogP) is 2.23. The van der Waals surface area contributed by atoms with Crippen LogP contribution in [-0.2, 0) is 16.0 Å². The third-order valence-electron chi connectivity index (χ3n) is 3.71. The monoisotopic (exact) mass is 400 g/mol. The van der Waals surface area contributed by atoms with Crippen molar-refractivity contribution in [2.75, 3.05) is 36.5 Å². The number of H-pyrrole nitrogens is 1. The molecule has 1 fully saturated rings. The summed E-state index contributed by atoms with van der Waals surface area (Å²) in [6.45, 7) is 2.34. The molecule has 1 amide bonds. The number of ether oxygens (including phenoxy) is 1. The molecule has 1 aliphatic heterocycles. The van der Waals surface area contributed by atoms with E-state index in [-0.39, 0.29) is 33.5 Å². The quantitative estimate of drug-likeness (QED) is 0.768. The predicted molar refractivity (Wildman–Crippen MR) is 96.6 cm³/mol. The third kappa shape index (κ3) is 4.51. The van der Waals surface area contributed by atoms with Crippen molar-refractivity contribution in [1.82, 2.24) is 9.97 Å². The minimum atomic E-state index is -0.754. The molecule has 7 nitrogen and oxygen atoms in total. The van der Waals surface area contributed by atoms with E-state index in [1.165, 1.54) is 18.2 Å². The van der Waals surface area contributed by atoms with Gasteiger partial charge in [0.1, 0.15) is 11.6 Å². The van der Waals surface area contributed by atoms with Gasteiger partial charge in [-0.25, -0.2) is 9.37 Å². The lowest BCUT2D eigenvalue weighted by Crippen LogP contribution is -2.37. The minimum Gasteiger partial charge on any atom is -0.378 e. The first-order valence-electron chi connectivity index (χ1n) is 7.79. The van der Waals surface area contributed by atoms with Gasteiger partial charge in [-0.15, -0.1) is 0 Å². The lowest BCUT2D eigenvalue weighted by molar-refractivity contribution is -0.115. The average molecular weight is 401 g/mol. The first-order chi connectivity index (χ1) is 12.4. The molecule has 0 saturated carbocycles. The van der Waals surface area contributed by atoms with Gasteiger partial charge in [-0.05, 0) is 12.1 Å². The Balaban J connectivity index is 1.73. The van der Waals surface area contributed by atoms with E-state index in [0.29, 0.717) is 32.1 Å². The van der Waals surface area contributed by atoms with Crippen LogP contribution in [0.5, 0.6) is 0 Å². The second-order valence-electron chi connectivity index (χ2n) is 5.63. The molecule has 0 atom stereocenters. The molecule has 2 heterocycles. The van der Waals surface area contributed by atoms with Gasteiger partial charge in [0.25, 0.3) is 5.56 Å². The van der Waals surface area contributed by atoms with Gasteiger partial charge >= 0.3 is 0 Å². The van der Waals surface area contributed by atoms with Crippen LogP contribution in [0.4, 0.5) is 15.9 Å². The van der Waals surface area contributed by atoms with E-state index in [0.717, 1.165) is 0 Å². The first kappa shape index (κ1) is 18.6. The van der Waals surface area contributed by atoms with Crippen molar-refractivity contribution in [2.45, 2.75) is 6.42 Å².